The predicted molar refractivity (Wildman–Crippen MR) is 102 cm³/mol. The van der Waals surface area contributed by atoms with E-state index in [1.54, 1.807) is 16.8 Å². The molecule has 2 aromatic heterocycles. The topological polar surface area (TPSA) is 66.0 Å². The summed E-state index contributed by atoms with van der Waals surface area (Å²) < 4.78 is 1.74. The van der Waals surface area contributed by atoms with Crippen LogP contribution in [0.5, 0.6) is 0 Å². The Hall–Kier alpha value is -2.15. The van der Waals surface area contributed by atoms with Crippen LogP contribution in [0.25, 0.3) is 16.7 Å². The lowest BCUT2D eigenvalue weighted by atomic mass is 10.2. The van der Waals surface area contributed by atoms with Crippen LogP contribution in [0, 0.1) is 6.92 Å². The number of nitrogens with one attached hydrogen (secondary N) is 2. The molecule has 132 valence electrons. The number of rotatable bonds is 6. The zero-order chi connectivity index (χ0) is 18.0. The highest BCUT2D eigenvalue weighted by atomic mass is 35.5. The van der Waals surface area contributed by atoms with E-state index in [2.05, 4.69) is 20.3 Å². The molecule has 0 bridgehead atoms. The second-order valence-corrected chi connectivity index (χ2v) is 6.78. The minimum atomic E-state index is -0.0973. The van der Waals surface area contributed by atoms with Gasteiger partial charge in [-0.1, -0.05) is 11.6 Å². The van der Waals surface area contributed by atoms with Gasteiger partial charge in [0.25, 0.3) is 5.56 Å². The molecule has 0 atom stereocenters. The molecule has 3 rings (SSSR count). The Morgan fingerprint density at radius 2 is 2.00 bits per heavy atom. The van der Waals surface area contributed by atoms with Gasteiger partial charge in [-0.3, -0.25) is 4.79 Å². The van der Waals surface area contributed by atoms with Crippen LogP contribution >= 0.6 is 11.6 Å². The second-order valence-electron chi connectivity index (χ2n) is 6.34. The predicted octanol–water partition coefficient (Wildman–Crippen LogP) is 2.33. The lowest BCUT2D eigenvalue weighted by Gasteiger charge is -2.10. The zero-order valence-corrected chi connectivity index (χ0v) is 15.4. The minimum Gasteiger partial charge on any atom is -0.311 e. The molecule has 6 nitrogen and oxygen atoms in total. The number of aromatic nitrogens is 3. The fourth-order valence-corrected chi connectivity index (χ4v) is 2.81. The first-order valence-corrected chi connectivity index (χ1v) is 8.56. The normalized spacial score (nSPS) is 11.6. The van der Waals surface area contributed by atoms with E-state index in [0.717, 1.165) is 29.9 Å². The Morgan fingerprint density at radius 1 is 1.28 bits per heavy atom. The quantitative estimate of drug-likeness (QED) is 0.663. The maximum Gasteiger partial charge on any atom is 0.254 e. The molecule has 2 N–H and O–H groups in total. The van der Waals surface area contributed by atoms with Crippen molar-refractivity contribution in [1.29, 1.82) is 0 Å². The van der Waals surface area contributed by atoms with Crippen LogP contribution in [-0.4, -0.2) is 46.8 Å². The fourth-order valence-electron chi connectivity index (χ4n) is 2.69. The smallest absolute Gasteiger partial charge is 0.254 e. The van der Waals surface area contributed by atoms with E-state index in [0.29, 0.717) is 22.8 Å². The maximum atomic E-state index is 12.4. The summed E-state index contributed by atoms with van der Waals surface area (Å²) in [5, 5.41) is 9.47. The van der Waals surface area contributed by atoms with Gasteiger partial charge in [-0.15, -0.1) is 0 Å². The summed E-state index contributed by atoms with van der Waals surface area (Å²) in [6.45, 7) is 4.22. The van der Waals surface area contributed by atoms with Crippen molar-refractivity contribution in [2.75, 3.05) is 27.2 Å². The highest BCUT2D eigenvalue weighted by molar-refractivity contribution is 6.30. The van der Waals surface area contributed by atoms with Gasteiger partial charge in [0.05, 0.1) is 11.4 Å². The third kappa shape index (κ3) is 3.92. The Balaban J connectivity index is 1.92. The van der Waals surface area contributed by atoms with Gasteiger partial charge >= 0.3 is 0 Å². The van der Waals surface area contributed by atoms with Crippen LogP contribution in [0.3, 0.4) is 0 Å². The molecule has 0 aliphatic rings. The minimum absolute atomic E-state index is 0.0973. The Kier molecular flexibility index (Phi) is 5.22. The van der Waals surface area contributed by atoms with E-state index < -0.39 is 0 Å². The summed E-state index contributed by atoms with van der Waals surface area (Å²) in [5.74, 6) is 0. The molecule has 0 saturated heterocycles. The Labute approximate surface area is 151 Å². The number of hydrogen-bond donors (Lipinski definition) is 2. The van der Waals surface area contributed by atoms with Gasteiger partial charge in [0.15, 0.2) is 0 Å². The van der Waals surface area contributed by atoms with Crippen LogP contribution < -0.4 is 10.9 Å². The Morgan fingerprint density at radius 3 is 2.68 bits per heavy atom. The molecule has 0 aliphatic heterocycles. The third-order valence-electron chi connectivity index (χ3n) is 4.07. The maximum absolute atomic E-state index is 12.4. The van der Waals surface area contributed by atoms with Crippen molar-refractivity contribution in [1.82, 2.24) is 25.0 Å². The van der Waals surface area contributed by atoms with Crippen molar-refractivity contribution in [3.05, 3.63) is 57.0 Å². The molecule has 0 fully saturated rings. The first-order chi connectivity index (χ1) is 12.0. The van der Waals surface area contributed by atoms with Crippen LogP contribution in [-0.2, 0) is 6.54 Å². The van der Waals surface area contributed by atoms with Crippen LogP contribution in [0.2, 0.25) is 5.02 Å². The molecule has 7 heteroatoms. The van der Waals surface area contributed by atoms with E-state index in [4.69, 9.17) is 11.6 Å². The molecular weight excluding hydrogens is 338 g/mol. The first kappa shape index (κ1) is 17.7. The van der Waals surface area contributed by atoms with Gasteiger partial charge in [-0.25, -0.2) is 4.68 Å². The van der Waals surface area contributed by atoms with E-state index in [1.165, 1.54) is 0 Å². The summed E-state index contributed by atoms with van der Waals surface area (Å²) in [7, 11) is 4.05. The summed E-state index contributed by atoms with van der Waals surface area (Å²) in [4.78, 5) is 17.5. The summed E-state index contributed by atoms with van der Waals surface area (Å²) in [6, 6.07) is 9.29. The number of nitrogens with zero attached hydrogens (tertiary/aromatic N) is 3. The van der Waals surface area contributed by atoms with E-state index in [-0.39, 0.29) is 5.56 Å². The van der Waals surface area contributed by atoms with E-state index in [9.17, 15) is 4.79 Å². The van der Waals surface area contributed by atoms with Gasteiger partial charge in [-0.05, 0) is 51.4 Å². The third-order valence-corrected chi connectivity index (χ3v) is 4.32. The van der Waals surface area contributed by atoms with Crippen molar-refractivity contribution < 1.29 is 0 Å². The Bertz CT molecular complexity index is 927. The van der Waals surface area contributed by atoms with Crippen LogP contribution in [0.15, 0.2) is 35.1 Å². The van der Waals surface area contributed by atoms with Crippen molar-refractivity contribution in [3.63, 3.8) is 0 Å². The fraction of sp³-hybridized carbons (Fsp3) is 0.333. The molecule has 0 aliphatic carbocycles. The number of aromatic amines is 1. The number of halogens is 1. The monoisotopic (exact) mass is 359 g/mol. The molecule has 25 heavy (non-hydrogen) atoms. The highest BCUT2D eigenvalue weighted by Crippen LogP contribution is 2.21. The average molecular weight is 360 g/mol. The molecule has 1 aromatic carbocycles. The van der Waals surface area contributed by atoms with Crippen molar-refractivity contribution >= 4 is 22.6 Å². The number of pyridine rings is 1. The molecule has 0 saturated carbocycles. The largest absolute Gasteiger partial charge is 0.311 e. The molecule has 2 heterocycles. The van der Waals surface area contributed by atoms with Gasteiger partial charge in [0.2, 0.25) is 0 Å². The summed E-state index contributed by atoms with van der Waals surface area (Å²) >= 11 is 5.95. The van der Waals surface area contributed by atoms with Gasteiger partial charge < -0.3 is 15.2 Å². The number of fused-ring (bicyclic) bond motifs is 1. The highest BCUT2D eigenvalue weighted by Gasteiger charge is 2.12. The van der Waals surface area contributed by atoms with Crippen molar-refractivity contribution in [2.45, 2.75) is 13.5 Å². The van der Waals surface area contributed by atoms with Gasteiger partial charge in [0.1, 0.15) is 5.65 Å². The molecule has 0 unspecified atom stereocenters. The van der Waals surface area contributed by atoms with E-state index in [1.807, 2.05) is 39.2 Å². The standard InChI is InChI=1S/C18H22ClN5O/c1-12-16-10-13(11-20-8-9-23(2)3)18(25)21-17(16)24(22-12)15-6-4-14(19)5-7-15/h4-7,10,20H,8-9,11H2,1-3H3,(H,21,25). The van der Waals surface area contributed by atoms with E-state index >= 15 is 0 Å². The average Bonchev–Trinajstić information content (AvgIpc) is 2.88. The van der Waals surface area contributed by atoms with Gasteiger partial charge in [-0.2, -0.15) is 5.10 Å². The number of H-pyrrole nitrogens is 1. The lowest BCUT2D eigenvalue weighted by Crippen LogP contribution is -2.28. The lowest BCUT2D eigenvalue weighted by molar-refractivity contribution is 0.400. The molecule has 0 spiro atoms. The number of aryl methyl sites for hydroxylation is 1. The second kappa shape index (κ2) is 7.39. The summed E-state index contributed by atoms with van der Waals surface area (Å²) in [6.07, 6.45) is 0. The van der Waals surface area contributed by atoms with Crippen molar-refractivity contribution in [3.8, 4) is 5.69 Å². The zero-order valence-electron chi connectivity index (χ0n) is 14.6. The van der Waals surface area contributed by atoms with Gasteiger partial charge in [0, 0.05) is 35.6 Å². The first-order valence-electron chi connectivity index (χ1n) is 8.18. The SMILES string of the molecule is Cc1nn(-c2ccc(Cl)cc2)c2[nH]c(=O)c(CNCCN(C)C)cc12. The van der Waals surface area contributed by atoms with Crippen molar-refractivity contribution in [2.24, 2.45) is 0 Å². The number of hydrogen-bond acceptors (Lipinski definition) is 4. The molecule has 3 aromatic rings. The molecular formula is C18H22ClN5O. The molecule has 0 amide bonds. The van der Waals surface area contributed by atoms with Crippen LogP contribution in [0.4, 0.5) is 0 Å². The number of benzene rings is 1. The van der Waals surface area contributed by atoms with Crippen LogP contribution in [0.1, 0.15) is 11.3 Å². The molecule has 0 radical (unpaired) electrons. The number of likely N-dealkylation sites (N-methyl/N-ethyl adjacent to an activating group) is 1. The summed E-state index contributed by atoms with van der Waals surface area (Å²) in [5.41, 5.74) is 3.04.